The molecule has 15 heavy (non-hydrogen) atoms. The van der Waals surface area contributed by atoms with Gasteiger partial charge in [-0.1, -0.05) is 17.7 Å². The van der Waals surface area contributed by atoms with Gasteiger partial charge in [-0.25, -0.2) is 0 Å². The smallest absolute Gasteiger partial charge is 0.133 e. The summed E-state index contributed by atoms with van der Waals surface area (Å²) in [4.78, 5) is 0. The highest BCUT2D eigenvalue weighted by Gasteiger charge is 1.99. The second kappa shape index (κ2) is 5.93. The fraction of sp³-hybridized carbons (Fsp3) is 0.333. The van der Waals surface area contributed by atoms with E-state index in [2.05, 4.69) is 40.3 Å². The van der Waals surface area contributed by atoms with Crippen molar-refractivity contribution in [2.45, 2.75) is 6.92 Å². The third kappa shape index (κ3) is 3.68. The SMILES string of the molecule is CNCC(C)=Cc1ccc(OC)c(Br)c1. The number of hydrogen-bond donors (Lipinski definition) is 1. The van der Waals surface area contributed by atoms with E-state index >= 15 is 0 Å². The fourth-order valence-electron chi connectivity index (χ4n) is 1.39. The molecule has 0 spiro atoms. The van der Waals surface area contributed by atoms with Crippen LogP contribution in [0.1, 0.15) is 12.5 Å². The third-order valence-electron chi connectivity index (χ3n) is 2.04. The molecule has 1 aromatic carbocycles. The first kappa shape index (κ1) is 12.3. The maximum Gasteiger partial charge on any atom is 0.133 e. The van der Waals surface area contributed by atoms with Crippen molar-refractivity contribution in [3.05, 3.63) is 33.8 Å². The molecule has 0 aliphatic rings. The highest BCUT2D eigenvalue weighted by atomic mass is 79.9. The van der Waals surface area contributed by atoms with Crippen LogP contribution in [-0.2, 0) is 0 Å². The molecule has 0 aliphatic heterocycles. The van der Waals surface area contributed by atoms with Gasteiger partial charge in [0, 0.05) is 6.54 Å². The molecule has 0 bridgehead atoms. The van der Waals surface area contributed by atoms with E-state index in [9.17, 15) is 0 Å². The van der Waals surface area contributed by atoms with Crippen molar-refractivity contribution >= 4 is 22.0 Å². The lowest BCUT2D eigenvalue weighted by Gasteiger charge is -2.05. The second-order valence-electron chi connectivity index (χ2n) is 3.42. The Morgan fingerprint density at radius 2 is 2.27 bits per heavy atom. The van der Waals surface area contributed by atoms with E-state index in [1.807, 2.05) is 19.2 Å². The number of likely N-dealkylation sites (N-methyl/N-ethyl adjacent to an activating group) is 1. The van der Waals surface area contributed by atoms with Crippen molar-refractivity contribution in [1.29, 1.82) is 0 Å². The first-order valence-electron chi connectivity index (χ1n) is 4.82. The lowest BCUT2D eigenvalue weighted by atomic mass is 10.1. The molecule has 2 nitrogen and oxygen atoms in total. The van der Waals surface area contributed by atoms with Gasteiger partial charge in [-0.05, 0) is 47.6 Å². The van der Waals surface area contributed by atoms with Crippen LogP contribution in [0.3, 0.4) is 0 Å². The molecule has 1 N–H and O–H groups in total. The number of halogens is 1. The first-order chi connectivity index (χ1) is 7.17. The summed E-state index contributed by atoms with van der Waals surface area (Å²) in [7, 11) is 3.61. The van der Waals surface area contributed by atoms with E-state index in [0.717, 1.165) is 16.8 Å². The zero-order valence-corrected chi connectivity index (χ0v) is 10.9. The Balaban J connectivity index is 2.88. The lowest BCUT2D eigenvalue weighted by molar-refractivity contribution is 0.412. The van der Waals surface area contributed by atoms with Crippen LogP contribution in [0.25, 0.3) is 6.08 Å². The molecule has 82 valence electrons. The molecule has 1 aromatic rings. The van der Waals surface area contributed by atoms with E-state index in [1.54, 1.807) is 7.11 Å². The summed E-state index contributed by atoms with van der Waals surface area (Å²) in [5, 5.41) is 3.12. The van der Waals surface area contributed by atoms with Crippen LogP contribution in [0.5, 0.6) is 5.75 Å². The van der Waals surface area contributed by atoms with Crippen molar-refractivity contribution in [2.75, 3.05) is 20.7 Å². The van der Waals surface area contributed by atoms with E-state index in [-0.39, 0.29) is 0 Å². The highest BCUT2D eigenvalue weighted by molar-refractivity contribution is 9.10. The van der Waals surface area contributed by atoms with Gasteiger partial charge in [0.1, 0.15) is 5.75 Å². The molecule has 0 amide bonds. The van der Waals surface area contributed by atoms with Crippen molar-refractivity contribution in [2.24, 2.45) is 0 Å². The quantitative estimate of drug-likeness (QED) is 0.907. The summed E-state index contributed by atoms with van der Waals surface area (Å²) in [5.74, 6) is 0.860. The van der Waals surface area contributed by atoms with Crippen molar-refractivity contribution in [3.8, 4) is 5.75 Å². The summed E-state index contributed by atoms with van der Waals surface area (Å²) in [6.45, 7) is 3.01. The summed E-state index contributed by atoms with van der Waals surface area (Å²) in [6, 6.07) is 6.06. The topological polar surface area (TPSA) is 21.3 Å². The molecule has 0 saturated heterocycles. The predicted molar refractivity (Wildman–Crippen MR) is 68.3 cm³/mol. The Morgan fingerprint density at radius 1 is 1.53 bits per heavy atom. The van der Waals surface area contributed by atoms with Crippen molar-refractivity contribution in [3.63, 3.8) is 0 Å². The number of rotatable bonds is 4. The van der Waals surface area contributed by atoms with Crippen LogP contribution in [0.4, 0.5) is 0 Å². The van der Waals surface area contributed by atoms with Crippen LogP contribution in [0, 0.1) is 0 Å². The summed E-state index contributed by atoms with van der Waals surface area (Å²) in [6.07, 6.45) is 2.15. The molecule has 0 heterocycles. The molecular formula is C12H16BrNO. The van der Waals surface area contributed by atoms with E-state index in [4.69, 9.17) is 4.74 Å². The summed E-state index contributed by atoms with van der Waals surface area (Å²) in [5.41, 5.74) is 2.48. The van der Waals surface area contributed by atoms with Gasteiger partial charge in [0.15, 0.2) is 0 Å². The monoisotopic (exact) mass is 269 g/mol. The minimum absolute atomic E-state index is 0.860. The maximum atomic E-state index is 5.17. The molecule has 0 unspecified atom stereocenters. The number of ether oxygens (including phenoxy) is 1. The van der Waals surface area contributed by atoms with E-state index in [0.29, 0.717) is 0 Å². The van der Waals surface area contributed by atoms with E-state index < -0.39 is 0 Å². The zero-order valence-electron chi connectivity index (χ0n) is 9.30. The first-order valence-corrected chi connectivity index (χ1v) is 5.62. The zero-order chi connectivity index (χ0) is 11.3. The highest BCUT2D eigenvalue weighted by Crippen LogP contribution is 2.26. The Bertz CT molecular complexity index is 361. The van der Waals surface area contributed by atoms with Gasteiger partial charge < -0.3 is 10.1 Å². The minimum Gasteiger partial charge on any atom is -0.496 e. The normalized spacial score (nSPS) is 11.6. The van der Waals surface area contributed by atoms with Crippen LogP contribution in [0.15, 0.2) is 28.2 Å². The van der Waals surface area contributed by atoms with Crippen LogP contribution >= 0.6 is 15.9 Å². The van der Waals surface area contributed by atoms with Gasteiger partial charge in [-0.2, -0.15) is 0 Å². The summed E-state index contributed by atoms with van der Waals surface area (Å²) >= 11 is 3.47. The van der Waals surface area contributed by atoms with Crippen LogP contribution < -0.4 is 10.1 Å². The van der Waals surface area contributed by atoms with Gasteiger partial charge in [-0.15, -0.1) is 0 Å². The maximum absolute atomic E-state index is 5.17. The van der Waals surface area contributed by atoms with Gasteiger partial charge in [-0.3, -0.25) is 0 Å². The molecule has 0 aliphatic carbocycles. The van der Waals surface area contributed by atoms with Crippen LogP contribution in [0.2, 0.25) is 0 Å². The third-order valence-corrected chi connectivity index (χ3v) is 2.66. The average Bonchev–Trinajstić information content (AvgIpc) is 2.18. The van der Waals surface area contributed by atoms with Gasteiger partial charge in [0.05, 0.1) is 11.6 Å². The average molecular weight is 270 g/mol. The molecule has 0 atom stereocenters. The molecule has 0 radical (unpaired) electrons. The van der Waals surface area contributed by atoms with Gasteiger partial charge >= 0.3 is 0 Å². The molecular weight excluding hydrogens is 254 g/mol. The Labute approximate surface area is 99.5 Å². The molecule has 1 rings (SSSR count). The lowest BCUT2D eigenvalue weighted by Crippen LogP contribution is -2.08. The minimum atomic E-state index is 0.860. The largest absolute Gasteiger partial charge is 0.496 e. The Kier molecular flexibility index (Phi) is 4.85. The van der Waals surface area contributed by atoms with Gasteiger partial charge in [0.2, 0.25) is 0 Å². The van der Waals surface area contributed by atoms with Crippen molar-refractivity contribution in [1.82, 2.24) is 5.32 Å². The number of benzene rings is 1. The van der Waals surface area contributed by atoms with Gasteiger partial charge in [0.25, 0.3) is 0 Å². The van der Waals surface area contributed by atoms with Crippen LogP contribution in [-0.4, -0.2) is 20.7 Å². The second-order valence-corrected chi connectivity index (χ2v) is 4.27. The van der Waals surface area contributed by atoms with E-state index in [1.165, 1.54) is 11.1 Å². The molecule has 3 heteroatoms. The molecule has 0 saturated carbocycles. The predicted octanol–water partition coefficient (Wildman–Crippen LogP) is 3.08. The number of methoxy groups -OCH3 is 1. The Hall–Kier alpha value is -0.800. The number of nitrogens with one attached hydrogen (secondary N) is 1. The fourth-order valence-corrected chi connectivity index (χ4v) is 1.95. The molecule has 0 aromatic heterocycles. The number of hydrogen-bond acceptors (Lipinski definition) is 2. The Morgan fingerprint density at radius 3 is 2.80 bits per heavy atom. The van der Waals surface area contributed by atoms with Crippen molar-refractivity contribution < 1.29 is 4.74 Å². The summed E-state index contributed by atoms with van der Waals surface area (Å²) < 4.78 is 6.15. The molecule has 0 fully saturated rings. The standard InChI is InChI=1S/C12H16BrNO/c1-9(8-14-2)6-10-4-5-12(15-3)11(13)7-10/h4-7,14H,8H2,1-3H3.